The number of amides is 1. The van der Waals surface area contributed by atoms with Crippen LogP contribution in [-0.2, 0) is 14.3 Å². The summed E-state index contributed by atoms with van der Waals surface area (Å²) >= 11 is 0. The van der Waals surface area contributed by atoms with Gasteiger partial charge < -0.3 is 10.1 Å². The molecule has 0 saturated carbocycles. The van der Waals surface area contributed by atoms with Gasteiger partial charge in [-0.1, -0.05) is 6.92 Å². The molecule has 1 amide bonds. The summed E-state index contributed by atoms with van der Waals surface area (Å²) in [7, 11) is 1.54. The van der Waals surface area contributed by atoms with Gasteiger partial charge in [0.05, 0.1) is 6.61 Å². The Kier molecular flexibility index (Phi) is 7.23. The molecule has 15 heavy (non-hydrogen) atoms. The van der Waals surface area contributed by atoms with Gasteiger partial charge in [-0.25, -0.2) is 4.79 Å². The van der Waals surface area contributed by atoms with Gasteiger partial charge in [0.2, 0.25) is 5.91 Å². The Morgan fingerprint density at radius 1 is 1.47 bits per heavy atom. The van der Waals surface area contributed by atoms with Crippen LogP contribution in [0.1, 0.15) is 26.7 Å². The van der Waals surface area contributed by atoms with E-state index in [2.05, 4.69) is 10.3 Å². The van der Waals surface area contributed by atoms with Crippen molar-refractivity contribution in [2.75, 3.05) is 13.7 Å². The normalized spacial score (nSPS) is 12.5. The minimum Gasteiger partial charge on any atom is -0.464 e. The molecule has 86 valence electrons. The van der Waals surface area contributed by atoms with E-state index in [1.165, 1.54) is 13.3 Å². The summed E-state index contributed by atoms with van der Waals surface area (Å²) in [6.45, 7) is 3.90. The zero-order valence-electron chi connectivity index (χ0n) is 9.45. The maximum Gasteiger partial charge on any atom is 0.334 e. The Balaban J connectivity index is 4.26. The molecule has 0 aromatic rings. The first-order valence-corrected chi connectivity index (χ1v) is 5.03. The van der Waals surface area contributed by atoms with Crippen LogP contribution in [0.3, 0.4) is 0 Å². The SMILES string of the molecule is CCCC(=O)NC(C=NC)C(=O)OCC. The van der Waals surface area contributed by atoms with Crippen molar-refractivity contribution in [1.82, 2.24) is 5.32 Å². The molecule has 0 saturated heterocycles. The summed E-state index contributed by atoms with van der Waals surface area (Å²) in [5.74, 6) is -0.650. The maximum atomic E-state index is 11.3. The fourth-order valence-electron chi connectivity index (χ4n) is 1.01. The summed E-state index contributed by atoms with van der Waals surface area (Å²) in [6, 6.07) is -0.769. The second kappa shape index (κ2) is 7.96. The molecule has 5 nitrogen and oxygen atoms in total. The smallest absolute Gasteiger partial charge is 0.334 e. The number of esters is 1. The lowest BCUT2D eigenvalue weighted by Gasteiger charge is -2.12. The average Bonchev–Trinajstić information content (AvgIpc) is 2.18. The van der Waals surface area contributed by atoms with Crippen molar-refractivity contribution in [3.8, 4) is 0 Å². The Hall–Kier alpha value is -1.39. The largest absolute Gasteiger partial charge is 0.464 e. The van der Waals surface area contributed by atoms with Crippen LogP contribution in [0, 0.1) is 0 Å². The van der Waals surface area contributed by atoms with Crippen molar-refractivity contribution >= 4 is 18.1 Å². The molecule has 1 atom stereocenters. The van der Waals surface area contributed by atoms with Crippen LogP contribution in [0.25, 0.3) is 0 Å². The van der Waals surface area contributed by atoms with E-state index in [4.69, 9.17) is 4.74 Å². The van der Waals surface area contributed by atoms with E-state index in [9.17, 15) is 9.59 Å². The topological polar surface area (TPSA) is 67.8 Å². The lowest BCUT2D eigenvalue weighted by atomic mass is 10.2. The molecule has 5 heteroatoms. The number of aliphatic imine (C=N–C) groups is 1. The van der Waals surface area contributed by atoms with Gasteiger partial charge in [-0.05, 0) is 13.3 Å². The van der Waals surface area contributed by atoms with Crippen molar-refractivity contribution in [2.45, 2.75) is 32.7 Å². The van der Waals surface area contributed by atoms with Gasteiger partial charge in [0.25, 0.3) is 0 Å². The number of hydrogen-bond donors (Lipinski definition) is 1. The molecule has 0 rings (SSSR count). The molecule has 0 aliphatic heterocycles. The van der Waals surface area contributed by atoms with Crippen LogP contribution >= 0.6 is 0 Å². The summed E-state index contributed by atoms with van der Waals surface area (Å²) in [4.78, 5) is 26.3. The highest BCUT2D eigenvalue weighted by atomic mass is 16.5. The predicted molar refractivity (Wildman–Crippen MR) is 57.9 cm³/mol. The molecular formula is C10H18N2O3. The van der Waals surface area contributed by atoms with E-state index in [0.717, 1.165) is 6.42 Å². The standard InChI is InChI=1S/C10H18N2O3/c1-4-6-9(13)12-8(7-11-3)10(14)15-5-2/h7-8H,4-6H2,1-3H3,(H,12,13). The molecule has 0 radical (unpaired) electrons. The first kappa shape index (κ1) is 13.6. The highest BCUT2D eigenvalue weighted by molar-refractivity contribution is 5.98. The van der Waals surface area contributed by atoms with E-state index in [0.29, 0.717) is 6.42 Å². The third-order valence-electron chi connectivity index (χ3n) is 1.63. The fraction of sp³-hybridized carbons (Fsp3) is 0.700. The highest BCUT2D eigenvalue weighted by Crippen LogP contribution is 1.91. The van der Waals surface area contributed by atoms with Crippen LogP contribution in [-0.4, -0.2) is 37.8 Å². The first-order chi connectivity index (χ1) is 7.15. The summed E-state index contributed by atoms with van der Waals surface area (Å²) in [6.07, 6.45) is 2.50. The van der Waals surface area contributed by atoms with Gasteiger partial charge in [-0.2, -0.15) is 0 Å². The van der Waals surface area contributed by atoms with Gasteiger partial charge in [-0.3, -0.25) is 9.79 Å². The van der Waals surface area contributed by atoms with E-state index in [1.807, 2.05) is 6.92 Å². The predicted octanol–water partition coefficient (Wildman–Crippen LogP) is 0.535. The Morgan fingerprint density at radius 3 is 2.60 bits per heavy atom. The van der Waals surface area contributed by atoms with Crippen molar-refractivity contribution in [2.24, 2.45) is 4.99 Å². The summed E-state index contributed by atoms with van der Waals surface area (Å²) in [5, 5.41) is 2.54. The second-order valence-corrected chi connectivity index (χ2v) is 2.95. The Labute approximate surface area is 89.9 Å². The van der Waals surface area contributed by atoms with Crippen molar-refractivity contribution in [1.29, 1.82) is 0 Å². The number of ether oxygens (including phenoxy) is 1. The third kappa shape index (κ3) is 5.83. The lowest BCUT2D eigenvalue weighted by Crippen LogP contribution is -2.42. The minimum atomic E-state index is -0.769. The van der Waals surface area contributed by atoms with Gasteiger partial charge >= 0.3 is 5.97 Å². The van der Waals surface area contributed by atoms with Crippen LogP contribution in [0.4, 0.5) is 0 Å². The van der Waals surface area contributed by atoms with E-state index >= 15 is 0 Å². The monoisotopic (exact) mass is 214 g/mol. The quantitative estimate of drug-likeness (QED) is 0.518. The molecule has 0 aromatic carbocycles. The molecule has 0 heterocycles. The van der Waals surface area contributed by atoms with E-state index in [-0.39, 0.29) is 12.5 Å². The number of carbonyl (C=O) groups is 2. The number of rotatable bonds is 6. The minimum absolute atomic E-state index is 0.171. The van der Waals surface area contributed by atoms with Crippen LogP contribution in [0.5, 0.6) is 0 Å². The third-order valence-corrected chi connectivity index (χ3v) is 1.63. The Morgan fingerprint density at radius 2 is 2.13 bits per heavy atom. The lowest BCUT2D eigenvalue weighted by molar-refractivity contribution is -0.145. The first-order valence-electron chi connectivity index (χ1n) is 5.03. The molecule has 0 fully saturated rings. The Bertz CT molecular complexity index is 239. The van der Waals surface area contributed by atoms with Crippen molar-refractivity contribution in [3.05, 3.63) is 0 Å². The highest BCUT2D eigenvalue weighted by Gasteiger charge is 2.18. The molecular weight excluding hydrogens is 196 g/mol. The average molecular weight is 214 g/mol. The van der Waals surface area contributed by atoms with Gasteiger partial charge in [-0.15, -0.1) is 0 Å². The maximum absolute atomic E-state index is 11.3. The summed E-state index contributed by atoms with van der Waals surface area (Å²) in [5.41, 5.74) is 0. The second-order valence-electron chi connectivity index (χ2n) is 2.95. The van der Waals surface area contributed by atoms with Gasteiger partial charge in [0.15, 0.2) is 6.04 Å². The summed E-state index contributed by atoms with van der Waals surface area (Å²) < 4.78 is 4.79. The molecule has 0 bridgehead atoms. The van der Waals surface area contributed by atoms with Crippen LogP contribution in [0.2, 0.25) is 0 Å². The van der Waals surface area contributed by atoms with E-state index in [1.54, 1.807) is 6.92 Å². The van der Waals surface area contributed by atoms with Crippen molar-refractivity contribution < 1.29 is 14.3 Å². The molecule has 1 N–H and O–H groups in total. The molecule has 0 spiro atoms. The zero-order chi connectivity index (χ0) is 11.7. The molecule has 0 aromatic heterocycles. The van der Waals surface area contributed by atoms with Gasteiger partial charge in [0, 0.05) is 19.7 Å². The number of hydrogen-bond acceptors (Lipinski definition) is 4. The number of carbonyl (C=O) groups excluding carboxylic acids is 2. The zero-order valence-corrected chi connectivity index (χ0v) is 9.45. The molecule has 0 aliphatic rings. The number of nitrogens with one attached hydrogen (secondary N) is 1. The molecule has 0 aliphatic carbocycles. The van der Waals surface area contributed by atoms with Crippen molar-refractivity contribution in [3.63, 3.8) is 0 Å². The van der Waals surface area contributed by atoms with Crippen LogP contribution in [0.15, 0.2) is 4.99 Å². The number of nitrogens with zero attached hydrogens (tertiary/aromatic N) is 1. The van der Waals surface area contributed by atoms with Gasteiger partial charge in [0.1, 0.15) is 0 Å². The molecule has 1 unspecified atom stereocenters. The van der Waals surface area contributed by atoms with Crippen LogP contribution < -0.4 is 5.32 Å². The fourth-order valence-corrected chi connectivity index (χ4v) is 1.01. The van der Waals surface area contributed by atoms with E-state index < -0.39 is 12.0 Å².